The van der Waals surface area contributed by atoms with Crippen molar-refractivity contribution in [3.63, 3.8) is 0 Å². The van der Waals surface area contributed by atoms with Gasteiger partial charge in [0.2, 0.25) is 0 Å². The van der Waals surface area contributed by atoms with Crippen molar-refractivity contribution in [2.45, 2.75) is 107 Å². The lowest BCUT2D eigenvalue weighted by Gasteiger charge is -2.22. The van der Waals surface area contributed by atoms with Gasteiger partial charge in [-0.25, -0.2) is 8.78 Å². The van der Waals surface area contributed by atoms with Crippen molar-refractivity contribution in [2.24, 2.45) is 4.99 Å². The molecule has 2 nitrogen and oxygen atoms in total. The molecule has 0 aliphatic heterocycles. The molecule has 0 aliphatic rings. The number of rotatable bonds is 10. The number of benzene rings is 2. The molecule has 0 heterocycles. The second-order valence-electron chi connectivity index (χ2n) is 10.6. The fraction of sp³-hybridized carbons (Fsp3) is 0.457. The van der Waals surface area contributed by atoms with Gasteiger partial charge in [-0.1, -0.05) is 64.0 Å². The van der Waals surface area contributed by atoms with Crippen LogP contribution in [0.15, 0.2) is 58.3 Å². The van der Waals surface area contributed by atoms with Crippen molar-refractivity contribution in [2.75, 3.05) is 0 Å². The Bertz CT molecular complexity index is 1320. The standard InChI is InChI=1S/C25H32F2O.C10H14F3N/c1-7-9-10-20(22-13-15(3)14-23(28)19(22)8-2)17(5)18(6)21-12-11-16(4)24(26)25(21)27;1-4-5-9(3)14-7-6-8(2)10(11,12)13/h11-14,18,28H,7-10H2,1-6H3;5-7H,4H2,1-3H3/b20-17+;8-6+,9-5+,14-7+. The minimum absolute atomic E-state index is 0.255. The van der Waals surface area contributed by atoms with Gasteiger partial charge in [0.1, 0.15) is 5.75 Å². The summed E-state index contributed by atoms with van der Waals surface area (Å²) in [4.78, 5) is 3.83. The lowest BCUT2D eigenvalue weighted by atomic mass is 9.83. The Labute approximate surface area is 248 Å². The van der Waals surface area contributed by atoms with Gasteiger partial charge in [-0.15, -0.1) is 0 Å². The van der Waals surface area contributed by atoms with Gasteiger partial charge in [0.05, 0.1) is 0 Å². The molecule has 0 radical (unpaired) electrons. The maximum atomic E-state index is 14.6. The van der Waals surface area contributed by atoms with Crippen molar-refractivity contribution in [1.29, 1.82) is 0 Å². The molecule has 0 aliphatic carbocycles. The van der Waals surface area contributed by atoms with Gasteiger partial charge in [-0.05, 0) is 100 Å². The van der Waals surface area contributed by atoms with Crippen LogP contribution in [0.1, 0.15) is 108 Å². The number of allylic oxidation sites excluding steroid dienone is 6. The highest BCUT2D eigenvalue weighted by Crippen LogP contribution is 2.39. The normalized spacial score (nSPS) is 14.0. The summed E-state index contributed by atoms with van der Waals surface area (Å²) in [7, 11) is 0. The van der Waals surface area contributed by atoms with E-state index in [1.807, 2.05) is 40.7 Å². The molecule has 0 aromatic heterocycles. The van der Waals surface area contributed by atoms with Crippen LogP contribution >= 0.6 is 0 Å². The monoisotopic (exact) mass is 591 g/mol. The van der Waals surface area contributed by atoms with Crippen LogP contribution in [-0.2, 0) is 6.42 Å². The number of hydrogen-bond donors (Lipinski definition) is 1. The molecule has 1 atom stereocenters. The quantitative estimate of drug-likeness (QED) is 0.216. The summed E-state index contributed by atoms with van der Waals surface area (Å²) in [5.41, 5.74) is 5.86. The number of aliphatic imine (C=N–C) groups is 1. The average molecular weight is 592 g/mol. The smallest absolute Gasteiger partial charge is 0.412 e. The summed E-state index contributed by atoms with van der Waals surface area (Å²) >= 11 is 0. The first-order valence-corrected chi connectivity index (χ1v) is 14.5. The molecule has 0 amide bonds. The summed E-state index contributed by atoms with van der Waals surface area (Å²) in [5, 5.41) is 10.5. The van der Waals surface area contributed by atoms with Crippen LogP contribution in [0.3, 0.4) is 0 Å². The van der Waals surface area contributed by atoms with E-state index in [0.717, 1.165) is 72.2 Å². The van der Waals surface area contributed by atoms with Crippen molar-refractivity contribution in [3.05, 3.63) is 92.7 Å². The fourth-order valence-electron chi connectivity index (χ4n) is 4.54. The highest BCUT2D eigenvalue weighted by atomic mass is 19.4. The van der Waals surface area contributed by atoms with Crippen LogP contribution in [0.4, 0.5) is 22.0 Å². The zero-order chi connectivity index (χ0) is 32.2. The molecule has 2 aromatic rings. The maximum absolute atomic E-state index is 14.6. The lowest BCUT2D eigenvalue weighted by Crippen LogP contribution is -2.08. The molecule has 2 rings (SSSR count). The average Bonchev–Trinajstić information content (AvgIpc) is 2.91. The molecular formula is C35H46F5NO. The van der Waals surface area contributed by atoms with Gasteiger partial charge in [0.25, 0.3) is 0 Å². The van der Waals surface area contributed by atoms with E-state index in [-0.39, 0.29) is 5.92 Å². The van der Waals surface area contributed by atoms with E-state index < -0.39 is 23.4 Å². The first-order chi connectivity index (χ1) is 19.6. The number of alkyl halides is 3. The second kappa shape index (κ2) is 17.0. The third-order valence-corrected chi connectivity index (χ3v) is 7.28. The van der Waals surface area contributed by atoms with Crippen LogP contribution in [0, 0.1) is 25.5 Å². The molecular weight excluding hydrogens is 545 g/mol. The van der Waals surface area contributed by atoms with Crippen molar-refractivity contribution >= 4 is 11.8 Å². The van der Waals surface area contributed by atoms with Gasteiger partial charge < -0.3 is 5.11 Å². The topological polar surface area (TPSA) is 32.6 Å². The van der Waals surface area contributed by atoms with Crippen molar-refractivity contribution in [3.8, 4) is 5.75 Å². The molecule has 42 heavy (non-hydrogen) atoms. The molecule has 0 saturated carbocycles. The zero-order valence-corrected chi connectivity index (χ0v) is 26.4. The molecule has 7 heteroatoms. The number of unbranched alkanes of at least 4 members (excludes halogenated alkanes) is 1. The third kappa shape index (κ3) is 10.6. The van der Waals surface area contributed by atoms with E-state index in [1.54, 1.807) is 32.0 Å². The minimum Gasteiger partial charge on any atom is -0.508 e. The maximum Gasteiger partial charge on any atom is 0.412 e. The molecule has 1 N–H and O–H groups in total. The molecule has 0 fully saturated rings. The second-order valence-corrected chi connectivity index (χ2v) is 10.6. The Morgan fingerprint density at radius 1 is 1.00 bits per heavy atom. The Hall–Kier alpha value is -3.22. The molecule has 2 aromatic carbocycles. The summed E-state index contributed by atoms with van der Waals surface area (Å²) in [6.45, 7) is 16.3. The van der Waals surface area contributed by atoms with E-state index in [1.165, 1.54) is 6.21 Å². The number of nitrogens with zero attached hydrogens (tertiary/aromatic N) is 1. The van der Waals surface area contributed by atoms with Crippen molar-refractivity contribution in [1.82, 2.24) is 0 Å². The predicted molar refractivity (Wildman–Crippen MR) is 166 cm³/mol. The van der Waals surface area contributed by atoms with Crippen LogP contribution < -0.4 is 0 Å². The van der Waals surface area contributed by atoms with Gasteiger partial charge in [0.15, 0.2) is 11.6 Å². The third-order valence-electron chi connectivity index (χ3n) is 7.28. The Balaban J connectivity index is 0.000000532. The summed E-state index contributed by atoms with van der Waals surface area (Å²) < 4.78 is 64.7. The Morgan fingerprint density at radius 2 is 1.64 bits per heavy atom. The summed E-state index contributed by atoms with van der Waals surface area (Å²) in [6.07, 6.45) is 4.15. The highest BCUT2D eigenvalue weighted by molar-refractivity contribution is 5.74. The van der Waals surface area contributed by atoms with E-state index >= 15 is 0 Å². The number of halogens is 5. The van der Waals surface area contributed by atoms with Crippen LogP contribution in [0.2, 0.25) is 0 Å². The number of hydrogen-bond acceptors (Lipinski definition) is 2. The van der Waals surface area contributed by atoms with Gasteiger partial charge in [-0.2, -0.15) is 13.2 Å². The minimum atomic E-state index is -4.26. The number of aryl methyl sites for hydroxylation is 2. The van der Waals surface area contributed by atoms with E-state index in [0.29, 0.717) is 23.3 Å². The summed E-state index contributed by atoms with van der Waals surface area (Å²) in [5.74, 6) is -1.48. The largest absolute Gasteiger partial charge is 0.508 e. The fourth-order valence-corrected chi connectivity index (χ4v) is 4.54. The first kappa shape index (κ1) is 36.8. The van der Waals surface area contributed by atoms with E-state index in [9.17, 15) is 27.1 Å². The number of phenolic OH excluding ortho intramolecular Hbond substituents is 1. The Morgan fingerprint density at radius 3 is 2.19 bits per heavy atom. The first-order valence-electron chi connectivity index (χ1n) is 14.5. The SMILES string of the molecule is CC/C=C(C)/N=C/C=C(\C)C(F)(F)F.CCCC/C(=C(/C)C(C)c1ccc(C)c(F)c1F)c1cc(C)cc(O)c1CC. The van der Waals surface area contributed by atoms with Gasteiger partial charge in [0, 0.05) is 29.0 Å². The van der Waals surface area contributed by atoms with Gasteiger partial charge >= 0.3 is 6.18 Å². The van der Waals surface area contributed by atoms with Crippen LogP contribution in [0.25, 0.3) is 5.57 Å². The van der Waals surface area contributed by atoms with Crippen molar-refractivity contribution < 1.29 is 27.1 Å². The number of phenols is 1. The van der Waals surface area contributed by atoms with E-state index in [2.05, 4.69) is 18.0 Å². The Kier molecular flexibility index (Phi) is 14.9. The van der Waals surface area contributed by atoms with Crippen LogP contribution in [-0.4, -0.2) is 17.5 Å². The molecule has 232 valence electrons. The zero-order valence-electron chi connectivity index (χ0n) is 26.4. The number of aromatic hydroxyl groups is 1. The molecule has 0 bridgehead atoms. The van der Waals surface area contributed by atoms with E-state index in [4.69, 9.17) is 0 Å². The molecule has 1 unspecified atom stereocenters. The molecule has 0 spiro atoms. The summed E-state index contributed by atoms with van der Waals surface area (Å²) in [6, 6.07) is 7.21. The van der Waals surface area contributed by atoms with Gasteiger partial charge in [-0.3, -0.25) is 4.99 Å². The lowest BCUT2D eigenvalue weighted by molar-refractivity contribution is -0.0911. The molecule has 0 saturated heterocycles. The highest BCUT2D eigenvalue weighted by Gasteiger charge is 2.29. The predicted octanol–water partition coefficient (Wildman–Crippen LogP) is 11.5. The van der Waals surface area contributed by atoms with Crippen LogP contribution in [0.5, 0.6) is 5.75 Å².